The summed E-state index contributed by atoms with van der Waals surface area (Å²) in [5, 5.41) is 14.3. The van der Waals surface area contributed by atoms with Crippen molar-refractivity contribution in [2.45, 2.75) is 13.0 Å². The van der Waals surface area contributed by atoms with Gasteiger partial charge >= 0.3 is 5.97 Å². The van der Waals surface area contributed by atoms with Crippen molar-refractivity contribution in [1.29, 1.82) is 0 Å². The van der Waals surface area contributed by atoms with Gasteiger partial charge in [0.15, 0.2) is 0 Å². The number of carbonyl (C=O) groups is 1. The molecule has 1 aromatic heterocycles. The minimum Gasteiger partial charge on any atom is -0.481 e. The molecular formula is C10H9ClN2O2. The third-order valence-corrected chi connectivity index (χ3v) is 2.39. The second-order valence-corrected chi connectivity index (χ2v) is 3.62. The van der Waals surface area contributed by atoms with E-state index in [-0.39, 0.29) is 6.42 Å². The Hall–Kier alpha value is -1.55. The van der Waals surface area contributed by atoms with Crippen molar-refractivity contribution in [3.63, 3.8) is 0 Å². The molecule has 0 aliphatic carbocycles. The fourth-order valence-electron chi connectivity index (χ4n) is 1.38. The molecule has 0 bridgehead atoms. The number of carboxylic acids is 1. The zero-order valence-corrected chi connectivity index (χ0v) is 8.61. The van der Waals surface area contributed by atoms with Gasteiger partial charge in [0.2, 0.25) is 0 Å². The molecule has 15 heavy (non-hydrogen) atoms. The number of aryl methyl sites for hydroxylation is 1. The van der Waals surface area contributed by atoms with Gasteiger partial charge < -0.3 is 5.11 Å². The number of fused-ring (bicyclic) bond motifs is 1. The van der Waals surface area contributed by atoms with Crippen LogP contribution in [0.1, 0.15) is 6.42 Å². The van der Waals surface area contributed by atoms with Crippen LogP contribution in [0, 0.1) is 0 Å². The van der Waals surface area contributed by atoms with Gasteiger partial charge in [0.1, 0.15) is 5.52 Å². The first-order valence-corrected chi connectivity index (χ1v) is 4.88. The van der Waals surface area contributed by atoms with E-state index in [2.05, 4.69) is 5.10 Å². The molecule has 0 atom stereocenters. The minimum atomic E-state index is -0.833. The first kappa shape index (κ1) is 9.98. The van der Waals surface area contributed by atoms with E-state index in [9.17, 15) is 4.79 Å². The van der Waals surface area contributed by atoms with E-state index in [0.29, 0.717) is 17.1 Å². The van der Waals surface area contributed by atoms with E-state index in [1.807, 2.05) is 12.1 Å². The van der Waals surface area contributed by atoms with Crippen LogP contribution < -0.4 is 0 Å². The molecule has 0 unspecified atom stereocenters. The van der Waals surface area contributed by atoms with Crippen LogP contribution in [-0.2, 0) is 11.3 Å². The van der Waals surface area contributed by atoms with Gasteiger partial charge in [-0.1, -0.05) is 23.7 Å². The molecule has 0 radical (unpaired) electrons. The highest BCUT2D eigenvalue weighted by Crippen LogP contribution is 2.21. The standard InChI is InChI=1S/C10H9ClN2O2/c11-8-3-1-2-7-6-13(12-10(7)8)5-4-9(14)15/h1-3,6H,4-5H2,(H,14,15). The third-order valence-electron chi connectivity index (χ3n) is 2.09. The average Bonchev–Trinajstić information content (AvgIpc) is 2.59. The summed E-state index contributed by atoms with van der Waals surface area (Å²) in [6.07, 6.45) is 1.86. The van der Waals surface area contributed by atoms with Crippen LogP contribution in [-0.4, -0.2) is 20.9 Å². The molecule has 1 heterocycles. The fraction of sp³-hybridized carbons (Fsp3) is 0.200. The highest BCUT2D eigenvalue weighted by molar-refractivity contribution is 6.35. The smallest absolute Gasteiger partial charge is 0.305 e. The summed E-state index contributed by atoms with van der Waals surface area (Å²) in [6.45, 7) is 0.361. The first-order chi connectivity index (χ1) is 7.16. The third kappa shape index (κ3) is 2.10. The van der Waals surface area contributed by atoms with Crippen LogP contribution in [0.25, 0.3) is 10.9 Å². The molecule has 0 fully saturated rings. The Kier molecular flexibility index (Phi) is 2.60. The summed E-state index contributed by atoms with van der Waals surface area (Å²) in [4.78, 5) is 10.4. The molecule has 4 nitrogen and oxygen atoms in total. The number of rotatable bonds is 3. The van der Waals surface area contributed by atoms with Crippen LogP contribution in [0.15, 0.2) is 24.4 Å². The molecule has 0 aliphatic rings. The van der Waals surface area contributed by atoms with E-state index in [4.69, 9.17) is 16.7 Å². The minimum absolute atomic E-state index is 0.0611. The molecule has 78 valence electrons. The molecule has 2 rings (SSSR count). The predicted molar refractivity (Wildman–Crippen MR) is 57.0 cm³/mol. The van der Waals surface area contributed by atoms with Crippen LogP contribution in [0.3, 0.4) is 0 Å². The van der Waals surface area contributed by atoms with Gasteiger partial charge in [-0.15, -0.1) is 0 Å². The van der Waals surface area contributed by atoms with Crippen molar-refractivity contribution < 1.29 is 9.90 Å². The van der Waals surface area contributed by atoms with Crippen molar-refractivity contribution in [1.82, 2.24) is 9.78 Å². The maximum absolute atomic E-state index is 10.4. The number of hydrogen-bond acceptors (Lipinski definition) is 2. The van der Waals surface area contributed by atoms with Crippen molar-refractivity contribution in [2.75, 3.05) is 0 Å². The van der Waals surface area contributed by atoms with E-state index in [0.717, 1.165) is 5.39 Å². The lowest BCUT2D eigenvalue weighted by molar-refractivity contribution is -0.137. The Morgan fingerprint density at radius 3 is 3.00 bits per heavy atom. The Bertz CT molecular complexity index is 507. The quantitative estimate of drug-likeness (QED) is 0.869. The number of aliphatic carboxylic acids is 1. The molecule has 0 amide bonds. The number of benzene rings is 1. The number of carboxylic acid groups (broad SMARTS) is 1. The van der Waals surface area contributed by atoms with Gasteiger partial charge in [-0.2, -0.15) is 5.10 Å². The highest BCUT2D eigenvalue weighted by atomic mass is 35.5. The molecule has 2 aromatic rings. The molecule has 1 aromatic carbocycles. The van der Waals surface area contributed by atoms with E-state index < -0.39 is 5.97 Å². The van der Waals surface area contributed by atoms with E-state index in [1.54, 1.807) is 16.9 Å². The fourth-order valence-corrected chi connectivity index (χ4v) is 1.60. The summed E-state index contributed by atoms with van der Waals surface area (Å²) in [5.74, 6) is -0.833. The summed E-state index contributed by atoms with van der Waals surface area (Å²) in [5.41, 5.74) is 0.713. The second-order valence-electron chi connectivity index (χ2n) is 3.21. The second kappa shape index (κ2) is 3.90. The van der Waals surface area contributed by atoms with E-state index >= 15 is 0 Å². The zero-order chi connectivity index (χ0) is 10.8. The predicted octanol–water partition coefficient (Wildman–Crippen LogP) is 2.16. The molecule has 0 saturated carbocycles. The maximum Gasteiger partial charge on any atom is 0.305 e. The molecule has 0 aliphatic heterocycles. The monoisotopic (exact) mass is 224 g/mol. The summed E-state index contributed by atoms with van der Waals surface area (Å²) in [6, 6.07) is 5.50. The number of aromatic nitrogens is 2. The van der Waals surface area contributed by atoms with Gasteiger partial charge in [-0.05, 0) is 6.07 Å². The van der Waals surface area contributed by atoms with Gasteiger partial charge in [-0.3, -0.25) is 9.48 Å². The molecule has 0 spiro atoms. The van der Waals surface area contributed by atoms with Crippen molar-refractivity contribution >= 4 is 28.5 Å². The van der Waals surface area contributed by atoms with Crippen LogP contribution in [0.2, 0.25) is 5.02 Å². The van der Waals surface area contributed by atoms with Gasteiger partial charge in [0, 0.05) is 11.6 Å². The largest absolute Gasteiger partial charge is 0.481 e. The first-order valence-electron chi connectivity index (χ1n) is 4.50. The highest BCUT2D eigenvalue weighted by Gasteiger charge is 2.05. The van der Waals surface area contributed by atoms with Gasteiger partial charge in [0.25, 0.3) is 0 Å². The number of nitrogens with zero attached hydrogens (tertiary/aromatic N) is 2. The zero-order valence-electron chi connectivity index (χ0n) is 7.85. The number of hydrogen-bond donors (Lipinski definition) is 1. The molecule has 5 heteroatoms. The SMILES string of the molecule is O=C(O)CCn1cc2cccc(Cl)c2n1. The van der Waals surface area contributed by atoms with Crippen LogP contribution in [0.5, 0.6) is 0 Å². The Morgan fingerprint density at radius 2 is 2.33 bits per heavy atom. The van der Waals surface area contributed by atoms with E-state index in [1.165, 1.54) is 0 Å². The van der Waals surface area contributed by atoms with Gasteiger partial charge in [0.05, 0.1) is 18.0 Å². The average molecular weight is 225 g/mol. The normalized spacial score (nSPS) is 10.7. The Labute approximate surface area is 91.1 Å². The topological polar surface area (TPSA) is 55.1 Å². The van der Waals surface area contributed by atoms with Crippen molar-refractivity contribution in [3.8, 4) is 0 Å². The van der Waals surface area contributed by atoms with Crippen molar-refractivity contribution in [2.24, 2.45) is 0 Å². The Morgan fingerprint density at radius 1 is 1.53 bits per heavy atom. The summed E-state index contributed by atoms with van der Waals surface area (Å²) >= 11 is 5.94. The Balaban J connectivity index is 2.31. The molecule has 0 saturated heterocycles. The lowest BCUT2D eigenvalue weighted by Gasteiger charge is -1.95. The van der Waals surface area contributed by atoms with Crippen LogP contribution in [0.4, 0.5) is 0 Å². The molecular weight excluding hydrogens is 216 g/mol. The van der Waals surface area contributed by atoms with Crippen LogP contribution >= 0.6 is 11.6 Å². The van der Waals surface area contributed by atoms with Gasteiger partial charge in [-0.25, -0.2) is 0 Å². The molecule has 1 N–H and O–H groups in total. The lowest BCUT2D eigenvalue weighted by Crippen LogP contribution is -2.04. The number of halogens is 1. The van der Waals surface area contributed by atoms with Crippen molar-refractivity contribution in [3.05, 3.63) is 29.4 Å². The maximum atomic E-state index is 10.4. The summed E-state index contributed by atoms with van der Waals surface area (Å²) < 4.78 is 1.60. The lowest BCUT2D eigenvalue weighted by atomic mass is 10.3. The summed E-state index contributed by atoms with van der Waals surface area (Å²) in [7, 11) is 0.